The SMILES string of the molecule is CCn1cc(Br)cc1C(=O)NCc1cn(C)nc1C. The van der Waals surface area contributed by atoms with E-state index in [0.29, 0.717) is 12.2 Å². The molecular weight excluding hydrogens is 308 g/mol. The van der Waals surface area contributed by atoms with Crippen molar-refractivity contribution in [3.8, 4) is 0 Å². The van der Waals surface area contributed by atoms with Gasteiger partial charge >= 0.3 is 0 Å². The molecule has 0 radical (unpaired) electrons. The third-order valence-electron chi connectivity index (χ3n) is 2.99. The number of halogens is 1. The molecule has 0 atom stereocenters. The van der Waals surface area contributed by atoms with Crippen molar-refractivity contribution in [3.63, 3.8) is 0 Å². The minimum Gasteiger partial charge on any atom is -0.347 e. The molecule has 2 heterocycles. The molecule has 0 aromatic carbocycles. The lowest BCUT2D eigenvalue weighted by Crippen LogP contribution is -2.25. The highest BCUT2D eigenvalue weighted by Crippen LogP contribution is 2.15. The van der Waals surface area contributed by atoms with E-state index in [2.05, 4.69) is 26.3 Å². The van der Waals surface area contributed by atoms with Crippen molar-refractivity contribution >= 4 is 21.8 Å². The second-order valence-corrected chi connectivity index (χ2v) is 5.34. The van der Waals surface area contributed by atoms with Gasteiger partial charge in [0.2, 0.25) is 0 Å². The maximum Gasteiger partial charge on any atom is 0.268 e. The fourth-order valence-corrected chi connectivity index (χ4v) is 2.48. The normalized spacial score (nSPS) is 10.7. The Kier molecular flexibility index (Phi) is 4.09. The Hall–Kier alpha value is -1.56. The van der Waals surface area contributed by atoms with Gasteiger partial charge in [-0.05, 0) is 35.8 Å². The zero-order chi connectivity index (χ0) is 14.0. The van der Waals surface area contributed by atoms with Gasteiger partial charge < -0.3 is 9.88 Å². The van der Waals surface area contributed by atoms with Crippen molar-refractivity contribution in [3.05, 3.63) is 39.9 Å². The molecular formula is C13H17BrN4O. The molecule has 0 aliphatic carbocycles. The van der Waals surface area contributed by atoms with Gasteiger partial charge in [-0.15, -0.1) is 0 Å². The highest BCUT2D eigenvalue weighted by molar-refractivity contribution is 9.10. The van der Waals surface area contributed by atoms with E-state index in [4.69, 9.17) is 0 Å². The van der Waals surface area contributed by atoms with Crippen LogP contribution in [0.2, 0.25) is 0 Å². The van der Waals surface area contributed by atoms with Gasteiger partial charge in [0.25, 0.3) is 5.91 Å². The van der Waals surface area contributed by atoms with Gasteiger partial charge in [-0.25, -0.2) is 0 Å². The maximum atomic E-state index is 12.1. The lowest BCUT2D eigenvalue weighted by Gasteiger charge is -2.07. The van der Waals surface area contributed by atoms with Crippen molar-refractivity contribution < 1.29 is 4.79 Å². The molecule has 5 nitrogen and oxygen atoms in total. The summed E-state index contributed by atoms with van der Waals surface area (Å²) in [6, 6.07) is 1.83. The van der Waals surface area contributed by atoms with Crippen LogP contribution in [0.5, 0.6) is 0 Å². The van der Waals surface area contributed by atoms with Crippen molar-refractivity contribution in [1.29, 1.82) is 0 Å². The van der Waals surface area contributed by atoms with Crippen LogP contribution in [-0.4, -0.2) is 20.3 Å². The van der Waals surface area contributed by atoms with Crippen LogP contribution in [0.1, 0.15) is 28.7 Å². The van der Waals surface area contributed by atoms with Crippen LogP contribution in [0.3, 0.4) is 0 Å². The van der Waals surface area contributed by atoms with Gasteiger partial charge in [0.05, 0.1) is 5.69 Å². The van der Waals surface area contributed by atoms with E-state index >= 15 is 0 Å². The molecule has 0 aliphatic heterocycles. The molecule has 1 N–H and O–H groups in total. The van der Waals surface area contributed by atoms with E-state index in [1.54, 1.807) is 4.68 Å². The van der Waals surface area contributed by atoms with Gasteiger partial charge in [-0.2, -0.15) is 5.10 Å². The van der Waals surface area contributed by atoms with Crippen molar-refractivity contribution in [2.24, 2.45) is 7.05 Å². The Morgan fingerprint density at radius 3 is 2.79 bits per heavy atom. The minimum absolute atomic E-state index is 0.0733. The number of nitrogens with zero attached hydrogens (tertiary/aromatic N) is 3. The number of carbonyl (C=O) groups excluding carboxylic acids is 1. The molecule has 0 saturated heterocycles. The Balaban J connectivity index is 2.07. The quantitative estimate of drug-likeness (QED) is 0.937. The van der Waals surface area contributed by atoms with E-state index in [1.165, 1.54) is 0 Å². The fraction of sp³-hybridized carbons (Fsp3) is 0.385. The van der Waals surface area contributed by atoms with Crippen molar-refractivity contribution in [1.82, 2.24) is 19.7 Å². The molecule has 2 aromatic rings. The summed E-state index contributed by atoms with van der Waals surface area (Å²) in [6.45, 7) is 5.20. The first-order chi connectivity index (χ1) is 9.01. The Morgan fingerprint density at radius 1 is 1.47 bits per heavy atom. The first kappa shape index (κ1) is 13.9. The van der Waals surface area contributed by atoms with E-state index in [9.17, 15) is 4.79 Å². The van der Waals surface area contributed by atoms with Crippen LogP contribution in [0, 0.1) is 6.92 Å². The molecule has 0 unspecified atom stereocenters. The van der Waals surface area contributed by atoms with Crippen molar-refractivity contribution in [2.75, 3.05) is 0 Å². The number of aromatic nitrogens is 3. The molecule has 19 heavy (non-hydrogen) atoms. The van der Waals surface area contributed by atoms with E-state index in [-0.39, 0.29) is 5.91 Å². The molecule has 2 aromatic heterocycles. The number of hydrogen-bond acceptors (Lipinski definition) is 2. The zero-order valence-corrected chi connectivity index (χ0v) is 12.9. The standard InChI is InChI=1S/C13H17BrN4O/c1-4-18-8-11(14)5-12(18)13(19)15-6-10-7-17(3)16-9(10)2/h5,7-8H,4,6H2,1-3H3,(H,15,19). The molecule has 102 valence electrons. The highest BCUT2D eigenvalue weighted by Gasteiger charge is 2.12. The van der Waals surface area contributed by atoms with Gasteiger partial charge in [0.1, 0.15) is 5.69 Å². The highest BCUT2D eigenvalue weighted by atomic mass is 79.9. The Labute approximate surface area is 120 Å². The van der Waals surface area contributed by atoms with Crippen LogP contribution in [0.15, 0.2) is 22.9 Å². The molecule has 0 fully saturated rings. The van der Waals surface area contributed by atoms with Crippen molar-refractivity contribution in [2.45, 2.75) is 26.9 Å². The maximum absolute atomic E-state index is 12.1. The summed E-state index contributed by atoms with van der Waals surface area (Å²) >= 11 is 3.39. The van der Waals surface area contributed by atoms with Crippen LogP contribution in [0.25, 0.3) is 0 Å². The lowest BCUT2D eigenvalue weighted by atomic mass is 10.2. The molecule has 0 bridgehead atoms. The first-order valence-corrected chi connectivity index (χ1v) is 6.93. The molecule has 1 amide bonds. The molecule has 6 heteroatoms. The van der Waals surface area contributed by atoms with Crippen LogP contribution < -0.4 is 5.32 Å². The summed E-state index contributed by atoms with van der Waals surface area (Å²) in [5.41, 5.74) is 2.63. The number of rotatable bonds is 4. The predicted octanol–water partition coefficient (Wildman–Crippen LogP) is 2.24. The number of carbonyl (C=O) groups is 1. The van der Waals surface area contributed by atoms with Gasteiger partial charge in [0.15, 0.2) is 0 Å². The van der Waals surface area contributed by atoms with Gasteiger partial charge in [0, 0.05) is 42.6 Å². The lowest BCUT2D eigenvalue weighted by molar-refractivity contribution is 0.0941. The third kappa shape index (κ3) is 3.07. The number of amides is 1. The molecule has 2 rings (SSSR count). The van der Waals surface area contributed by atoms with Gasteiger partial charge in [-0.1, -0.05) is 0 Å². The minimum atomic E-state index is -0.0733. The average molecular weight is 325 g/mol. The third-order valence-corrected chi connectivity index (χ3v) is 3.42. The molecule has 0 saturated carbocycles. The summed E-state index contributed by atoms with van der Waals surface area (Å²) < 4.78 is 4.58. The van der Waals surface area contributed by atoms with Gasteiger partial charge in [-0.3, -0.25) is 9.48 Å². The molecule has 0 aliphatic rings. The number of aryl methyl sites for hydroxylation is 3. The van der Waals surface area contributed by atoms with E-state index < -0.39 is 0 Å². The number of nitrogens with one attached hydrogen (secondary N) is 1. The summed E-state index contributed by atoms with van der Waals surface area (Å²) in [7, 11) is 1.87. The summed E-state index contributed by atoms with van der Waals surface area (Å²) in [5, 5.41) is 7.18. The predicted molar refractivity (Wildman–Crippen MR) is 76.9 cm³/mol. The number of hydrogen-bond donors (Lipinski definition) is 1. The fourth-order valence-electron chi connectivity index (χ4n) is 2.02. The summed E-state index contributed by atoms with van der Waals surface area (Å²) in [6.07, 6.45) is 3.83. The average Bonchev–Trinajstić information content (AvgIpc) is 2.89. The first-order valence-electron chi connectivity index (χ1n) is 6.14. The largest absolute Gasteiger partial charge is 0.347 e. The molecule has 0 spiro atoms. The van der Waals surface area contributed by atoms with Crippen LogP contribution >= 0.6 is 15.9 Å². The Bertz CT molecular complexity index is 600. The summed E-state index contributed by atoms with van der Waals surface area (Å²) in [4.78, 5) is 12.1. The van der Waals surface area contributed by atoms with E-state index in [1.807, 2.05) is 43.9 Å². The topological polar surface area (TPSA) is 51.9 Å². The summed E-state index contributed by atoms with van der Waals surface area (Å²) in [5.74, 6) is -0.0733. The second kappa shape index (κ2) is 5.61. The van der Waals surface area contributed by atoms with Crippen LogP contribution in [0.4, 0.5) is 0 Å². The zero-order valence-electron chi connectivity index (χ0n) is 11.3. The van der Waals surface area contributed by atoms with Crippen LogP contribution in [-0.2, 0) is 20.1 Å². The van der Waals surface area contributed by atoms with E-state index in [0.717, 1.165) is 22.3 Å². The monoisotopic (exact) mass is 324 g/mol. The Morgan fingerprint density at radius 2 is 2.21 bits per heavy atom. The smallest absolute Gasteiger partial charge is 0.268 e. The second-order valence-electron chi connectivity index (χ2n) is 4.43.